The molecular weight excluding hydrogens is 262 g/mol. The van der Waals surface area contributed by atoms with Gasteiger partial charge in [-0.15, -0.1) is 0 Å². The summed E-state index contributed by atoms with van der Waals surface area (Å²) in [6, 6.07) is 8.84. The molecule has 0 aliphatic carbocycles. The van der Waals surface area contributed by atoms with Crippen molar-refractivity contribution in [3.8, 4) is 5.69 Å². The number of hydrogen-bond acceptors (Lipinski definition) is 3. The summed E-state index contributed by atoms with van der Waals surface area (Å²) >= 11 is 5.98. The molecule has 0 spiro atoms. The van der Waals surface area contributed by atoms with Crippen LogP contribution in [0.15, 0.2) is 35.1 Å². The summed E-state index contributed by atoms with van der Waals surface area (Å²) in [5.41, 5.74) is 6.92. The molecule has 4 nitrogen and oxygen atoms in total. The number of aryl methyl sites for hydroxylation is 1. The molecule has 100 valence electrons. The molecule has 1 aromatic carbocycles. The Hall–Kier alpha value is -1.65. The third-order valence-electron chi connectivity index (χ3n) is 2.77. The fourth-order valence-corrected chi connectivity index (χ4v) is 2.05. The number of benzene rings is 1. The van der Waals surface area contributed by atoms with E-state index < -0.39 is 5.54 Å². The molecule has 0 bridgehead atoms. The number of aromatic nitrogens is 2. The quantitative estimate of drug-likeness (QED) is 0.917. The zero-order chi connectivity index (χ0) is 14.2. The SMILES string of the molecule is Cc1cc(=O)c(C(C)(C)N)nn1-c1cccc(Cl)c1. The summed E-state index contributed by atoms with van der Waals surface area (Å²) in [6.07, 6.45) is 0. The first kappa shape index (κ1) is 13.8. The molecule has 0 amide bonds. The molecule has 1 heterocycles. The lowest BCUT2D eigenvalue weighted by Crippen LogP contribution is -2.37. The maximum absolute atomic E-state index is 12.0. The highest BCUT2D eigenvalue weighted by Crippen LogP contribution is 2.17. The average Bonchev–Trinajstić information content (AvgIpc) is 2.27. The van der Waals surface area contributed by atoms with E-state index in [0.29, 0.717) is 10.7 Å². The predicted molar refractivity (Wildman–Crippen MR) is 76.8 cm³/mol. The van der Waals surface area contributed by atoms with Gasteiger partial charge in [0.15, 0.2) is 0 Å². The molecule has 1 aromatic heterocycles. The van der Waals surface area contributed by atoms with Crippen LogP contribution < -0.4 is 11.2 Å². The van der Waals surface area contributed by atoms with Crippen LogP contribution in [-0.4, -0.2) is 9.78 Å². The van der Waals surface area contributed by atoms with Crippen LogP contribution in [0.5, 0.6) is 0 Å². The van der Waals surface area contributed by atoms with Gasteiger partial charge in [-0.1, -0.05) is 17.7 Å². The highest BCUT2D eigenvalue weighted by Gasteiger charge is 2.21. The maximum atomic E-state index is 12.0. The Balaban J connectivity index is 2.68. The molecule has 0 saturated heterocycles. The van der Waals surface area contributed by atoms with Crippen LogP contribution in [0.2, 0.25) is 5.02 Å². The Morgan fingerprint density at radius 3 is 2.58 bits per heavy atom. The number of rotatable bonds is 2. The van der Waals surface area contributed by atoms with Crippen molar-refractivity contribution in [1.29, 1.82) is 0 Å². The number of nitrogens with two attached hydrogens (primary N) is 1. The Labute approximate surface area is 116 Å². The third kappa shape index (κ3) is 2.85. The van der Waals surface area contributed by atoms with Gasteiger partial charge in [-0.2, -0.15) is 5.10 Å². The standard InChI is InChI=1S/C14H16ClN3O/c1-9-7-12(19)13(14(2,3)16)17-18(9)11-6-4-5-10(15)8-11/h4-8H,16H2,1-3H3. The molecule has 0 aliphatic heterocycles. The van der Waals surface area contributed by atoms with Crippen molar-refractivity contribution in [1.82, 2.24) is 9.78 Å². The van der Waals surface area contributed by atoms with Crippen LogP contribution >= 0.6 is 11.6 Å². The fraction of sp³-hybridized carbons (Fsp3) is 0.286. The van der Waals surface area contributed by atoms with Gasteiger partial charge >= 0.3 is 0 Å². The smallest absolute Gasteiger partial charge is 0.205 e. The van der Waals surface area contributed by atoms with E-state index in [-0.39, 0.29) is 5.43 Å². The van der Waals surface area contributed by atoms with Crippen molar-refractivity contribution < 1.29 is 0 Å². The molecule has 0 unspecified atom stereocenters. The minimum absolute atomic E-state index is 0.150. The topological polar surface area (TPSA) is 60.9 Å². The molecule has 5 heteroatoms. The summed E-state index contributed by atoms with van der Waals surface area (Å²) in [4.78, 5) is 12.0. The molecule has 19 heavy (non-hydrogen) atoms. The first-order valence-electron chi connectivity index (χ1n) is 5.95. The van der Waals surface area contributed by atoms with Crippen LogP contribution in [0.3, 0.4) is 0 Å². The van der Waals surface area contributed by atoms with Crippen molar-refractivity contribution in [2.24, 2.45) is 5.73 Å². The second-order valence-corrected chi connectivity index (χ2v) is 5.55. The van der Waals surface area contributed by atoms with E-state index in [1.807, 2.05) is 19.1 Å². The van der Waals surface area contributed by atoms with E-state index in [2.05, 4.69) is 5.10 Å². The summed E-state index contributed by atoms with van der Waals surface area (Å²) in [5.74, 6) is 0. The molecule has 0 saturated carbocycles. The first-order valence-corrected chi connectivity index (χ1v) is 6.33. The highest BCUT2D eigenvalue weighted by atomic mass is 35.5. The Morgan fingerprint density at radius 2 is 2.00 bits per heavy atom. The van der Waals surface area contributed by atoms with Crippen LogP contribution in [-0.2, 0) is 5.54 Å². The monoisotopic (exact) mass is 277 g/mol. The Bertz CT molecular complexity index is 671. The lowest BCUT2D eigenvalue weighted by molar-refractivity contribution is 0.510. The normalized spacial score (nSPS) is 11.6. The van der Waals surface area contributed by atoms with Crippen molar-refractivity contribution in [2.75, 3.05) is 0 Å². The van der Waals surface area contributed by atoms with Gasteiger partial charge in [-0.05, 0) is 39.0 Å². The third-order valence-corrected chi connectivity index (χ3v) is 3.01. The molecule has 0 fully saturated rings. The summed E-state index contributed by atoms with van der Waals surface area (Å²) in [5, 5.41) is 4.99. The predicted octanol–water partition coefficient (Wildman–Crippen LogP) is 2.39. The molecule has 2 N–H and O–H groups in total. The van der Waals surface area contributed by atoms with Crippen molar-refractivity contribution in [3.63, 3.8) is 0 Å². The van der Waals surface area contributed by atoms with Crippen molar-refractivity contribution in [3.05, 3.63) is 57.0 Å². The minimum atomic E-state index is -0.787. The average molecular weight is 278 g/mol. The van der Waals surface area contributed by atoms with E-state index >= 15 is 0 Å². The molecule has 2 rings (SSSR count). The lowest BCUT2D eigenvalue weighted by atomic mass is 10.0. The fourth-order valence-electron chi connectivity index (χ4n) is 1.86. The van der Waals surface area contributed by atoms with E-state index in [9.17, 15) is 4.79 Å². The highest BCUT2D eigenvalue weighted by molar-refractivity contribution is 6.30. The summed E-state index contributed by atoms with van der Waals surface area (Å²) in [7, 11) is 0. The van der Waals surface area contributed by atoms with E-state index in [4.69, 9.17) is 17.3 Å². The van der Waals surface area contributed by atoms with E-state index in [1.165, 1.54) is 6.07 Å². The van der Waals surface area contributed by atoms with Crippen LogP contribution in [0.4, 0.5) is 0 Å². The largest absolute Gasteiger partial charge is 0.320 e. The van der Waals surface area contributed by atoms with E-state index in [1.54, 1.807) is 30.7 Å². The first-order chi connectivity index (χ1) is 8.79. The second kappa shape index (κ2) is 4.79. The summed E-state index contributed by atoms with van der Waals surface area (Å²) in [6.45, 7) is 5.34. The molecular formula is C14H16ClN3O. The van der Waals surface area contributed by atoms with Gasteiger partial charge in [-0.3, -0.25) is 4.79 Å². The number of halogens is 1. The zero-order valence-electron chi connectivity index (χ0n) is 11.1. The second-order valence-electron chi connectivity index (χ2n) is 5.11. The molecule has 2 aromatic rings. The van der Waals surface area contributed by atoms with Crippen LogP contribution in [0.25, 0.3) is 5.69 Å². The minimum Gasteiger partial charge on any atom is -0.320 e. The van der Waals surface area contributed by atoms with Gasteiger partial charge in [0, 0.05) is 16.8 Å². The molecule has 0 atom stereocenters. The summed E-state index contributed by atoms with van der Waals surface area (Å²) < 4.78 is 1.68. The Morgan fingerprint density at radius 1 is 1.32 bits per heavy atom. The number of nitrogens with zero attached hydrogens (tertiary/aromatic N) is 2. The van der Waals surface area contributed by atoms with Crippen molar-refractivity contribution >= 4 is 11.6 Å². The zero-order valence-corrected chi connectivity index (χ0v) is 11.9. The molecule has 0 aliphatic rings. The van der Waals surface area contributed by atoms with Crippen LogP contribution in [0.1, 0.15) is 25.2 Å². The van der Waals surface area contributed by atoms with Gasteiger partial charge in [0.2, 0.25) is 5.43 Å². The number of hydrogen-bond donors (Lipinski definition) is 1. The maximum Gasteiger partial charge on any atom is 0.205 e. The Kier molecular flexibility index (Phi) is 3.47. The van der Waals surface area contributed by atoms with E-state index in [0.717, 1.165) is 11.4 Å². The van der Waals surface area contributed by atoms with Gasteiger partial charge in [0.05, 0.1) is 11.2 Å². The van der Waals surface area contributed by atoms with Gasteiger partial charge < -0.3 is 5.73 Å². The molecule has 0 radical (unpaired) electrons. The van der Waals surface area contributed by atoms with Gasteiger partial charge in [-0.25, -0.2) is 4.68 Å². The van der Waals surface area contributed by atoms with Crippen LogP contribution in [0, 0.1) is 6.92 Å². The lowest BCUT2D eigenvalue weighted by Gasteiger charge is -2.19. The van der Waals surface area contributed by atoms with Gasteiger partial charge in [0.25, 0.3) is 0 Å². The van der Waals surface area contributed by atoms with Crippen molar-refractivity contribution in [2.45, 2.75) is 26.3 Å². The van der Waals surface area contributed by atoms with Gasteiger partial charge in [0.1, 0.15) is 5.69 Å².